The highest BCUT2D eigenvalue weighted by Crippen LogP contribution is 2.22. The van der Waals surface area contributed by atoms with Crippen LogP contribution in [0.2, 0.25) is 0 Å². The minimum atomic E-state index is -0.546. The van der Waals surface area contributed by atoms with Crippen molar-refractivity contribution in [2.24, 2.45) is 0 Å². The molecule has 19 heavy (non-hydrogen) atoms. The average molecular weight is 274 g/mol. The number of halogens is 1. The topological polar surface area (TPSA) is 29.1 Å². The Morgan fingerprint density at radius 3 is 1.74 bits per heavy atom. The molecule has 0 bridgehead atoms. The molecule has 0 heterocycles. The second kappa shape index (κ2) is 6.39. The molecular weight excluding hydrogens is 258 g/mol. The lowest BCUT2D eigenvalue weighted by Gasteiger charge is -2.20. The van der Waals surface area contributed by atoms with Crippen molar-refractivity contribution in [3.63, 3.8) is 0 Å². The van der Waals surface area contributed by atoms with E-state index in [0.29, 0.717) is 0 Å². The van der Waals surface area contributed by atoms with E-state index in [1.807, 2.05) is 60.7 Å². The van der Waals surface area contributed by atoms with E-state index in [2.05, 4.69) is 5.32 Å². The van der Waals surface area contributed by atoms with E-state index in [1.54, 1.807) is 6.92 Å². The first-order valence-electron chi connectivity index (χ1n) is 6.23. The van der Waals surface area contributed by atoms with Crippen LogP contribution in [0.25, 0.3) is 0 Å². The standard InChI is InChI=1S/C16H16ClNO/c1-12(17)16(19)18-15(13-8-4-2-5-9-13)14-10-6-3-7-11-14/h2-12,15H,1H3,(H,18,19). The summed E-state index contributed by atoms with van der Waals surface area (Å²) in [5.41, 5.74) is 2.08. The normalized spacial score (nSPS) is 12.2. The van der Waals surface area contributed by atoms with Gasteiger partial charge in [0.1, 0.15) is 5.38 Å². The van der Waals surface area contributed by atoms with Gasteiger partial charge in [-0.25, -0.2) is 0 Å². The van der Waals surface area contributed by atoms with Crippen molar-refractivity contribution in [2.75, 3.05) is 0 Å². The van der Waals surface area contributed by atoms with Crippen molar-refractivity contribution < 1.29 is 4.79 Å². The van der Waals surface area contributed by atoms with Crippen LogP contribution in [0.1, 0.15) is 24.1 Å². The molecular formula is C16H16ClNO. The third kappa shape index (κ3) is 3.58. The summed E-state index contributed by atoms with van der Waals surface area (Å²) in [4.78, 5) is 11.9. The molecule has 0 aromatic heterocycles. The van der Waals surface area contributed by atoms with Crippen molar-refractivity contribution in [1.82, 2.24) is 5.32 Å². The van der Waals surface area contributed by atoms with Crippen molar-refractivity contribution in [1.29, 1.82) is 0 Å². The Morgan fingerprint density at radius 1 is 0.947 bits per heavy atom. The molecule has 2 aromatic carbocycles. The van der Waals surface area contributed by atoms with E-state index in [0.717, 1.165) is 11.1 Å². The van der Waals surface area contributed by atoms with E-state index in [9.17, 15) is 4.79 Å². The molecule has 0 aliphatic heterocycles. The quantitative estimate of drug-likeness (QED) is 0.849. The number of alkyl halides is 1. The fourth-order valence-corrected chi connectivity index (χ4v) is 1.97. The first-order valence-corrected chi connectivity index (χ1v) is 6.66. The molecule has 0 aliphatic carbocycles. The van der Waals surface area contributed by atoms with Gasteiger partial charge in [-0.2, -0.15) is 0 Å². The summed E-state index contributed by atoms with van der Waals surface area (Å²) in [5, 5.41) is 2.43. The third-order valence-corrected chi connectivity index (χ3v) is 3.11. The van der Waals surface area contributed by atoms with Gasteiger partial charge in [-0.1, -0.05) is 60.7 Å². The molecule has 1 N–H and O–H groups in total. The fraction of sp³-hybridized carbons (Fsp3) is 0.188. The lowest BCUT2D eigenvalue weighted by molar-refractivity contribution is -0.120. The summed E-state index contributed by atoms with van der Waals surface area (Å²) in [6.07, 6.45) is 0. The van der Waals surface area contributed by atoms with Gasteiger partial charge in [0.05, 0.1) is 6.04 Å². The predicted octanol–water partition coefficient (Wildman–Crippen LogP) is 3.52. The van der Waals surface area contributed by atoms with Gasteiger partial charge in [-0.3, -0.25) is 4.79 Å². The van der Waals surface area contributed by atoms with Gasteiger partial charge in [0.2, 0.25) is 5.91 Å². The number of carbonyl (C=O) groups excluding carboxylic acids is 1. The summed E-state index contributed by atoms with van der Waals surface area (Å²) >= 11 is 5.84. The van der Waals surface area contributed by atoms with Crippen LogP contribution in [-0.2, 0) is 4.79 Å². The van der Waals surface area contributed by atoms with E-state index in [1.165, 1.54) is 0 Å². The highest BCUT2D eigenvalue weighted by Gasteiger charge is 2.18. The van der Waals surface area contributed by atoms with Crippen molar-refractivity contribution in [3.05, 3.63) is 71.8 Å². The number of carbonyl (C=O) groups is 1. The molecule has 98 valence electrons. The van der Waals surface area contributed by atoms with Gasteiger partial charge in [0.25, 0.3) is 0 Å². The Kier molecular flexibility index (Phi) is 4.58. The molecule has 1 unspecified atom stereocenters. The number of nitrogens with one attached hydrogen (secondary N) is 1. The van der Waals surface area contributed by atoms with Gasteiger partial charge < -0.3 is 5.32 Å². The number of benzene rings is 2. The van der Waals surface area contributed by atoms with Crippen LogP contribution < -0.4 is 5.32 Å². The van der Waals surface area contributed by atoms with Gasteiger partial charge in [-0.05, 0) is 18.1 Å². The summed E-state index contributed by atoms with van der Waals surface area (Å²) in [7, 11) is 0. The highest BCUT2D eigenvalue weighted by atomic mass is 35.5. The van der Waals surface area contributed by atoms with Gasteiger partial charge in [0, 0.05) is 0 Å². The maximum absolute atomic E-state index is 11.9. The van der Waals surface area contributed by atoms with Crippen LogP contribution in [0.4, 0.5) is 0 Å². The molecule has 0 fully saturated rings. The van der Waals surface area contributed by atoms with Crippen LogP contribution in [-0.4, -0.2) is 11.3 Å². The minimum Gasteiger partial charge on any atom is -0.344 e. The Labute approximate surface area is 118 Å². The molecule has 0 aliphatic rings. The lowest BCUT2D eigenvalue weighted by atomic mass is 9.98. The highest BCUT2D eigenvalue weighted by molar-refractivity contribution is 6.30. The monoisotopic (exact) mass is 273 g/mol. The summed E-state index contributed by atoms with van der Waals surface area (Å²) in [6.45, 7) is 1.67. The molecule has 1 atom stereocenters. The van der Waals surface area contributed by atoms with Crippen LogP contribution in [0, 0.1) is 0 Å². The Bertz CT molecular complexity index is 485. The number of amides is 1. The van der Waals surface area contributed by atoms with E-state index < -0.39 is 5.38 Å². The van der Waals surface area contributed by atoms with E-state index in [4.69, 9.17) is 11.6 Å². The third-order valence-electron chi connectivity index (χ3n) is 2.91. The summed E-state index contributed by atoms with van der Waals surface area (Å²) in [6, 6.07) is 19.6. The smallest absolute Gasteiger partial charge is 0.238 e. The van der Waals surface area contributed by atoms with Crippen molar-refractivity contribution in [3.8, 4) is 0 Å². The molecule has 1 amide bonds. The Balaban J connectivity index is 2.32. The summed E-state index contributed by atoms with van der Waals surface area (Å²) in [5.74, 6) is -0.167. The molecule has 2 rings (SSSR count). The molecule has 2 nitrogen and oxygen atoms in total. The molecule has 2 aromatic rings. The second-order valence-corrected chi connectivity index (χ2v) is 5.03. The SMILES string of the molecule is CC(Cl)C(=O)NC(c1ccccc1)c1ccccc1. The zero-order chi connectivity index (χ0) is 13.7. The molecule has 3 heteroatoms. The van der Waals surface area contributed by atoms with Crippen LogP contribution in [0.5, 0.6) is 0 Å². The molecule has 0 spiro atoms. The van der Waals surface area contributed by atoms with E-state index >= 15 is 0 Å². The largest absolute Gasteiger partial charge is 0.344 e. The minimum absolute atomic E-state index is 0.167. The average Bonchev–Trinajstić information content (AvgIpc) is 2.46. The molecule has 0 saturated carbocycles. The zero-order valence-electron chi connectivity index (χ0n) is 10.7. The number of rotatable bonds is 4. The molecule has 0 radical (unpaired) electrons. The fourth-order valence-electron chi connectivity index (χ4n) is 1.91. The van der Waals surface area contributed by atoms with Crippen LogP contribution in [0.3, 0.4) is 0 Å². The summed E-state index contributed by atoms with van der Waals surface area (Å²) < 4.78 is 0. The zero-order valence-corrected chi connectivity index (χ0v) is 11.5. The van der Waals surface area contributed by atoms with E-state index in [-0.39, 0.29) is 11.9 Å². The number of hydrogen-bond donors (Lipinski definition) is 1. The van der Waals surface area contributed by atoms with Crippen LogP contribution >= 0.6 is 11.6 Å². The lowest BCUT2D eigenvalue weighted by Crippen LogP contribution is -2.33. The van der Waals surface area contributed by atoms with Crippen molar-refractivity contribution >= 4 is 17.5 Å². The van der Waals surface area contributed by atoms with Gasteiger partial charge in [0.15, 0.2) is 0 Å². The van der Waals surface area contributed by atoms with Crippen LogP contribution in [0.15, 0.2) is 60.7 Å². The van der Waals surface area contributed by atoms with Crippen molar-refractivity contribution in [2.45, 2.75) is 18.3 Å². The predicted molar refractivity (Wildman–Crippen MR) is 78.2 cm³/mol. The van der Waals surface area contributed by atoms with Gasteiger partial charge >= 0.3 is 0 Å². The maximum atomic E-state index is 11.9. The Hall–Kier alpha value is -1.80. The van der Waals surface area contributed by atoms with Gasteiger partial charge in [-0.15, -0.1) is 11.6 Å². The first kappa shape index (κ1) is 13.6. The maximum Gasteiger partial charge on any atom is 0.238 e. The number of hydrogen-bond acceptors (Lipinski definition) is 1. The second-order valence-electron chi connectivity index (χ2n) is 4.38. The first-order chi connectivity index (χ1) is 9.18. The molecule has 0 saturated heterocycles. The Morgan fingerprint density at radius 2 is 1.37 bits per heavy atom.